The molecule has 126 valence electrons. The molecule has 4 heterocycles. The Hall–Kier alpha value is -2.15. The van der Waals surface area contributed by atoms with E-state index in [1.54, 1.807) is 11.3 Å². The molecule has 0 radical (unpaired) electrons. The topological polar surface area (TPSA) is 58.4 Å². The summed E-state index contributed by atoms with van der Waals surface area (Å²) in [6, 6.07) is 2.03. The van der Waals surface area contributed by atoms with Crippen LogP contribution in [0.15, 0.2) is 11.4 Å². The van der Waals surface area contributed by atoms with Crippen molar-refractivity contribution in [1.29, 1.82) is 0 Å². The Morgan fingerprint density at radius 3 is 2.75 bits per heavy atom. The van der Waals surface area contributed by atoms with Gasteiger partial charge in [-0.05, 0) is 33.6 Å². The van der Waals surface area contributed by atoms with Gasteiger partial charge in [0.2, 0.25) is 0 Å². The fourth-order valence-corrected chi connectivity index (χ4v) is 3.97. The molecule has 4 rings (SSSR count). The molecular weight excluding hydrogens is 320 g/mol. The molecule has 0 saturated carbocycles. The van der Waals surface area contributed by atoms with Crippen LogP contribution in [0.1, 0.15) is 35.5 Å². The van der Waals surface area contributed by atoms with Gasteiger partial charge in [-0.3, -0.25) is 0 Å². The number of hydrogen-bond acceptors (Lipinski definition) is 6. The quantitative estimate of drug-likeness (QED) is 0.788. The highest BCUT2D eigenvalue weighted by Crippen LogP contribution is 2.25. The van der Waals surface area contributed by atoms with E-state index in [1.807, 2.05) is 24.4 Å². The second-order valence-electron chi connectivity index (χ2n) is 6.40. The molecule has 1 N–H and O–H groups in total. The highest BCUT2D eigenvalue weighted by molar-refractivity contribution is 7.13. The first kappa shape index (κ1) is 15.4. The number of nitrogens with one attached hydrogen (secondary N) is 1. The summed E-state index contributed by atoms with van der Waals surface area (Å²) in [6.07, 6.45) is 2.55. The Bertz CT molecular complexity index is 875. The fraction of sp³-hybridized carbons (Fsp3) is 0.471. The first-order chi connectivity index (χ1) is 11.6. The molecule has 1 aliphatic rings. The van der Waals surface area contributed by atoms with Crippen LogP contribution in [0.3, 0.4) is 0 Å². The van der Waals surface area contributed by atoms with E-state index in [0.717, 1.165) is 52.3 Å². The molecule has 0 amide bonds. The van der Waals surface area contributed by atoms with Gasteiger partial charge in [-0.1, -0.05) is 0 Å². The van der Waals surface area contributed by atoms with Gasteiger partial charge in [0.15, 0.2) is 10.8 Å². The SMILES string of the molecule is Cc1cc(NCc2csc(N3CCCC3)n2)n2nc(C)c(C)c2n1. The summed E-state index contributed by atoms with van der Waals surface area (Å²) in [5.74, 6) is 0.962. The van der Waals surface area contributed by atoms with Gasteiger partial charge < -0.3 is 10.2 Å². The third-order valence-electron chi connectivity index (χ3n) is 4.55. The zero-order valence-corrected chi connectivity index (χ0v) is 15.2. The number of thiazole rings is 1. The lowest BCUT2D eigenvalue weighted by atomic mass is 10.3. The first-order valence-electron chi connectivity index (χ1n) is 8.38. The van der Waals surface area contributed by atoms with E-state index < -0.39 is 0 Å². The maximum absolute atomic E-state index is 4.77. The van der Waals surface area contributed by atoms with Crippen molar-refractivity contribution < 1.29 is 0 Å². The number of aryl methyl sites for hydroxylation is 3. The standard InChI is InChI=1S/C17H22N6S/c1-11-8-15(23-16(19-11)12(2)13(3)21-23)18-9-14-10-24-17(20-14)22-6-4-5-7-22/h8,10,18H,4-7,9H2,1-3H3. The summed E-state index contributed by atoms with van der Waals surface area (Å²) in [7, 11) is 0. The van der Waals surface area contributed by atoms with Gasteiger partial charge in [0.25, 0.3) is 0 Å². The largest absolute Gasteiger partial charge is 0.364 e. The summed E-state index contributed by atoms with van der Waals surface area (Å²) >= 11 is 1.74. The lowest BCUT2D eigenvalue weighted by molar-refractivity contribution is 0.892. The average molecular weight is 342 g/mol. The molecular formula is C17H22N6S. The summed E-state index contributed by atoms with van der Waals surface area (Å²) in [5, 5.41) is 11.4. The predicted molar refractivity (Wildman–Crippen MR) is 98.1 cm³/mol. The van der Waals surface area contributed by atoms with E-state index in [9.17, 15) is 0 Å². The lowest BCUT2D eigenvalue weighted by Crippen LogP contribution is -2.17. The summed E-state index contributed by atoms with van der Waals surface area (Å²) in [4.78, 5) is 11.8. The van der Waals surface area contributed by atoms with Crippen LogP contribution in [0.25, 0.3) is 5.65 Å². The minimum absolute atomic E-state index is 0.695. The number of hydrogen-bond donors (Lipinski definition) is 1. The zero-order valence-electron chi connectivity index (χ0n) is 14.3. The molecule has 24 heavy (non-hydrogen) atoms. The maximum atomic E-state index is 4.77. The molecule has 7 heteroatoms. The fourth-order valence-electron chi connectivity index (χ4n) is 3.09. The molecule has 0 bridgehead atoms. The van der Waals surface area contributed by atoms with Crippen molar-refractivity contribution >= 4 is 27.9 Å². The maximum Gasteiger partial charge on any atom is 0.185 e. The van der Waals surface area contributed by atoms with Crippen molar-refractivity contribution in [2.75, 3.05) is 23.3 Å². The van der Waals surface area contributed by atoms with Crippen molar-refractivity contribution in [3.05, 3.63) is 34.1 Å². The third-order valence-corrected chi connectivity index (χ3v) is 5.50. The van der Waals surface area contributed by atoms with Crippen LogP contribution in [0.4, 0.5) is 10.9 Å². The van der Waals surface area contributed by atoms with Crippen molar-refractivity contribution in [3.63, 3.8) is 0 Å². The monoisotopic (exact) mass is 342 g/mol. The van der Waals surface area contributed by atoms with Crippen molar-refractivity contribution in [2.45, 2.75) is 40.2 Å². The summed E-state index contributed by atoms with van der Waals surface area (Å²) < 4.78 is 1.89. The Labute approximate surface area is 145 Å². The van der Waals surface area contributed by atoms with Crippen LogP contribution in [0.2, 0.25) is 0 Å². The molecule has 0 atom stereocenters. The van der Waals surface area contributed by atoms with Crippen molar-refractivity contribution in [3.8, 4) is 0 Å². The van der Waals surface area contributed by atoms with E-state index in [0.29, 0.717) is 6.54 Å². The number of fused-ring (bicyclic) bond motifs is 1. The molecule has 3 aromatic rings. The van der Waals surface area contributed by atoms with E-state index in [-0.39, 0.29) is 0 Å². The molecule has 0 spiro atoms. The smallest absolute Gasteiger partial charge is 0.185 e. The Morgan fingerprint density at radius 2 is 1.96 bits per heavy atom. The van der Waals surface area contributed by atoms with Gasteiger partial charge in [-0.25, -0.2) is 9.97 Å². The molecule has 1 fully saturated rings. The summed E-state index contributed by atoms with van der Waals surface area (Å²) in [6.45, 7) is 9.07. The third kappa shape index (κ3) is 2.73. The molecule has 3 aromatic heterocycles. The van der Waals surface area contributed by atoms with Crippen molar-refractivity contribution in [2.24, 2.45) is 0 Å². The first-order valence-corrected chi connectivity index (χ1v) is 9.26. The van der Waals surface area contributed by atoms with Gasteiger partial charge >= 0.3 is 0 Å². The van der Waals surface area contributed by atoms with Crippen LogP contribution >= 0.6 is 11.3 Å². The van der Waals surface area contributed by atoms with Crippen molar-refractivity contribution in [1.82, 2.24) is 19.6 Å². The van der Waals surface area contributed by atoms with Gasteiger partial charge in [0, 0.05) is 35.8 Å². The highest BCUT2D eigenvalue weighted by Gasteiger charge is 2.16. The van der Waals surface area contributed by atoms with E-state index in [1.165, 1.54) is 12.8 Å². The van der Waals surface area contributed by atoms with Crippen LogP contribution in [-0.2, 0) is 6.54 Å². The van der Waals surface area contributed by atoms with Gasteiger partial charge in [-0.15, -0.1) is 11.3 Å². The lowest BCUT2D eigenvalue weighted by Gasteiger charge is -2.12. The average Bonchev–Trinajstić information content (AvgIpc) is 3.28. The number of rotatable bonds is 4. The van der Waals surface area contributed by atoms with Crippen LogP contribution < -0.4 is 10.2 Å². The minimum atomic E-state index is 0.695. The van der Waals surface area contributed by atoms with Crippen LogP contribution in [0, 0.1) is 20.8 Å². The van der Waals surface area contributed by atoms with E-state index in [2.05, 4.69) is 32.6 Å². The van der Waals surface area contributed by atoms with Gasteiger partial charge in [0.1, 0.15) is 5.82 Å². The highest BCUT2D eigenvalue weighted by atomic mass is 32.1. The Morgan fingerprint density at radius 1 is 1.17 bits per heavy atom. The molecule has 0 aliphatic carbocycles. The second-order valence-corrected chi connectivity index (χ2v) is 7.23. The molecule has 1 aliphatic heterocycles. The molecule has 6 nitrogen and oxygen atoms in total. The zero-order chi connectivity index (χ0) is 16.7. The van der Waals surface area contributed by atoms with Gasteiger partial charge in [0.05, 0.1) is 17.9 Å². The number of aromatic nitrogens is 4. The summed E-state index contributed by atoms with van der Waals surface area (Å²) in [5.41, 5.74) is 5.13. The molecule has 1 saturated heterocycles. The predicted octanol–water partition coefficient (Wildman–Crippen LogP) is 3.32. The number of nitrogens with zero attached hydrogens (tertiary/aromatic N) is 5. The number of anilines is 2. The molecule has 0 unspecified atom stereocenters. The van der Waals surface area contributed by atoms with Crippen LogP contribution in [-0.4, -0.2) is 32.7 Å². The Balaban J connectivity index is 1.55. The normalized spacial score (nSPS) is 14.7. The van der Waals surface area contributed by atoms with Gasteiger partial charge in [-0.2, -0.15) is 9.61 Å². The second kappa shape index (κ2) is 6.05. The van der Waals surface area contributed by atoms with E-state index in [4.69, 9.17) is 4.98 Å². The minimum Gasteiger partial charge on any atom is -0.364 e. The molecule has 0 aromatic carbocycles. The van der Waals surface area contributed by atoms with E-state index >= 15 is 0 Å². The Kier molecular flexibility index (Phi) is 3.88. The van der Waals surface area contributed by atoms with Crippen LogP contribution in [0.5, 0.6) is 0 Å².